The first-order valence-electron chi connectivity index (χ1n) is 7.05. The monoisotopic (exact) mass is 329 g/mol. The summed E-state index contributed by atoms with van der Waals surface area (Å²) in [5.74, 6) is -0.109. The maximum Gasteiger partial charge on any atom is 0.435 e. The highest BCUT2D eigenvalue weighted by Gasteiger charge is 2.40. The summed E-state index contributed by atoms with van der Waals surface area (Å²) in [6.45, 7) is 0. The standard InChI is InChI=1S/C13H14F3N5O2/c1-17-10(22)5-9-18-12(23-21-9)6-2-3-8-7(4-6)11(20-19-8)13(14,15)16/h6H,2-5H2,1H3,(H,17,22)(H,19,20)/t6-/m1/s1. The SMILES string of the molecule is CNC(=O)Cc1noc([C@@H]2CCc3[nH]nc(C(F)(F)F)c3C2)n1. The van der Waals surface area contributed by atoms with E-state index in [2.05, 4.69) is 25.7 Å². The van der Waals surface area contributed by atoms with E-state index in [0.29, 0.717) is 18.5 Å². The summed E-state index contributed by atoms with van der Waals surface area (Å²) in [5.41, 5.74) is -0.235. The van der Waals surface area contributed by atoms with Crippen LogP contribution >= 0.6 is 0 Å². The van der Waals surface area contributed by atoms with Gasteiger partial charge >= 0.3 is 6.18 Å². The number of aryl methyl sites for hydroxylation is 1. The minimum Gasteiger partial charge on any atom is -0.359 e. The number of carbonyl (C=O) groups excluding carboxylic acids is 1. The van der Waals surface area contributed by atoms with Gasteiger partial charge in [0.05, 0.1) is 6.42 Å². The highest BCUT2D eigenvalue weighted by molar-refractivity contribution is 5.77. The smallest absolute Gasteiger partial charge is 0.359 e. The number of likely N-dealkylation sites (N-methyl/N-ethyl adjacent to an activating group) is 1. The normalized spacial score (nSPS) is 17.8. The van der Waals surface area contributed by atoms with Crippen LogP contribution in [0.4, 0.5) is 13.2 Å². The molecule has 2 aromatic rings. The van der Waals surface area contributed by atoms with Crippen molar-refractivity contribution in [3.05, 3.63) is 28.7 Å². The van der Waals surface area contributed by atoms with Crippen molar-refractivity contribution < 1.29 is 22.5 Å². The fourth-order valence-electron chi connectivity index (χ4n) is 2.68. The lowest BCUT2D eigenvalue weighted by molar-refractivity contribution is -0.141. The molecule has 10 heteroatoms. The van der Waals surface area contributed by atoms with E-state index in [1.165, 1.54) is 7.05 Å². The Labute approximate surface area is 128 Å². The second-order valence-electron chi connectivity index (χ2n) is 5.37. The van der Waals surface area contributed by atoms with E-state index in [1.54, 1.807) is 0 Å². The third-order valence-electron chi connectivity index (χ3n) is 3.85. The summed E-state index contributed by atoms with van der Waals surface area (Å²) in [7, 11) is 1.49. The molecule has 0 spiro atoms. The summed E-state index contributed by atoms with van der Waals surface area (Å²) in [4.78, 5) is 15.4. The van der Waals surface area contributed by atoms with Crippen LogP contribution in [-0.2, 0) is 30.2 Å². The molecule has 0 fully saturated rings. The Morgan fingerprint density at radius 3 is 2.96 bits per heavy atom. The molecule has 0 unspecified atom stereocenters. The van der Waals surface area contributed by atoms with Crippen LogP contribution in [0.5, 0.6) is 0 Å². The quantitative estimate of drug-likeness (QED) is 0.886. The first kappa shape index (κ1) is 15.5. The molecule has 2 N–H and O–H groups in total. The zero-order chi connectivity index (χ0) is 16.6. The van der Waals surface area contributed by atoms with Crippen molar-refractivity contribution in [2.75, 3.05) is 7.05 Å². The molecule has 124 valence electrons. The molecule has 0 radical (unpaired) electrons. The molecule has 1 atom stereocenters. The van der Waals surface area contributed by atoms with Gasteiger partial charge in [0.25, 0.3) is 0 Å². The van der Waals surface area contributed by atoms with Crippen LogP contribution in [0.3, 0.4) is 0 Å². The summed E-state index contributed by atoms with van der Waals surface area (Å²) in [5, 5.41) is 12.0. The van der Waals surface area contributed by atoms with E-state index in [9.17, 15) is 18.0 Å². The van der Waals surface area contributed by atoms with E-state index in [4.69, 9.17) is 4.52 Å². The third-order valence-corrected chi connectivity index (χ3v) is 3.85. The van der Waals surface area contributed by atoms with Crippen molar-refractivity contribution in [3.63, 3.8) is 0 Å². The molecule has 0 saturated heterocycles. The predicted octanol–water partition coefficient (Wildman–Crippen LogP) is 1.37. The molecule has 0 aromatic carbocycles. The Morgan fingerprint density at radius 2 is 2.26 bits per heavy atom. The van der Waals surface area contributed by atoms with Crippen LogP contribution in [0.15, 0.2) is 4.52 Å². The summed E-state index contributed by atoms with van der Waals surface area (Å²) >= 11 is 0. The minimum atomic E-state index is -4.49. The van der Waals surface area contributed by atoms with E-state index >= 15 is 0 Å². The summed E-state index contributed by atoms with van der Waals surface area (Å²) in [6, 6.07) is 0. The predicted molar refractivity (Wildman–Crippen MR) is 70.4 cm³/mol. The molecule has 7 nitrogen and oxygen atoms in total. The van der Waals surface area contributed by atoms with Gasteiger partial charge in [-0.3, -0.25) is 9.89 Å². The van der Waals surface area contributed by atoms with Crippen molar-refractivity contribution >= 4 is 5.91 Å². The number of nitrogens with zero attached hydrogens (tertiary/aromatic N) is 3. The lowest BCUT2D eigenvalue weighted by Crippen LogP contribution is -2.20. The van der Waals surface area contributed by atoms with Gasteiger partial charge in [-0.1, -0.05) is 5.16 Å². The van der Waals surface area contributed by atoms with Gasteiger partial charge in [0.1, 0.15) is 0 Å². The Morgan fingerprint density at radius 1 is 1.48 bits per heavy atom. The fraction of sp³-hybridized carbons (Fsp3) is 0.538. The lowest BCUT2D eigenvalue weighted by atomic mass is 9.86. The number of alkyl halides is 3. The largest absolute Gasteiger partial charge is 0.435 e. The maximum atomic E-state index is 12.9. The number of fused-ring (bicyclic) bond motifs is 1. The second kappa shape index (κ2) is 5.67. The van der Waals surface area contributed by atoms with Gasteiger partial charge < -0.3 is 9.84 Å². The Bertz CT molecular complexity index is 722. The van der Waals surface area contributed by atoms with Gasteiger partial charge in [-0.25, -0.2) is 0 Å². The van der Waals surface area contributed by atoms with E-state index in [-0.39, 0.29) is 41.9 Å². The van der Waals surface area contributed by atoms with Crippen LogP contribution in [0.25, 0.3) is 0 Å². The summed E-state index contributed by atoms with van der Waals surface area (Å²) in [6.07, 6.45) is -3.39. The van der Waals surface area contributed by atoms with Gasteiger partial charge in [0.15, 0.2) is 11.5 Å². The molecule has 3 rings (SSSR count). The van der Waals surface area contributed by atoms with Gasteiger partial charge in [0.2, 0.25) is 11.8 Å². The number of hydrogen-bond acceptors (Lipinski definition) is 5. The number of nitrogens with one attached hydrogen (secondary N) is 2. The number of rotatable bonds is 3. The number of hydrogen-bond donors (Lipinski definition) is 2. The van der Waals surface area contributed by atoms with Crippen molar-refractivity contribution in [3.8, 4) is 0 Å². The topological polar surface area (TPSA) is 96.7 Å². The third kappa shape index (κ3) is 3.06. The van der Waals surface area contributed by atoms with Crippen LogP contribution in [-0.4, -0.2) is 33.3 Å². The zero-order valence-corrected chi connectivity index (χ0v) is 12.2. The average molecular weight is 329 g/mol. The molecule has 0 bridgehead atoms. The number of aromatic amines is 1. The Balaban J connectivity index is 1.79. The van der Waals surface area contributed by atoms with Gasteiger partial charge in [0, 0.05) is 24.2 Å². The first-order chi connectivity index (χ1) is 10.9. The van der Waals surface area contributed by atoms with Crippen molar-refractivity contribution in [2.24, 2.45) is 0 Å². The maximum absolute atomic E-state index is 12.9. The molecule has 1 amide bonds. The average Bonchev–Trinajstić information content (AvgIpc) is 3.12. The van der Waals surface area contributed by atoms with Crippen LogP contribution in [0.2, 0.25) is 0 Å². The van der Waals surface area contributed by atoms with Crippen molar-refractivity contribution in [1.82, 2.24) is 25.7 Å². The zero-order valence-electron chi connectivity index (χ0n) is 12.2. The lowest BCUT2D eigenvalue weighted by Gasteiger charge is -2.19. The van der Waals surface area contributed by atoms with Gasteiger partial charge in [-0.15, -0.1) is 0 Å². The Kier molecular flexibility index (Phi) is 3.82. The van der Waals surface area contributed by atoms with Crippen molar-refractivity contribution in [2.45, 2.75) is 37.8 Å². The fourth-order valence-corrected chi connectivity index (χ4v) is 2.68. The Hall–Kier alpha value is -2.39. The molecule has 23 heavy (non-hydrogen) atoms. The molecule has 0 aliphatic heterocycles. The number of amides is 1. The van der Waals surface area contributed by atoms with Crippen LogP contribution in [0, 0.1) is 0 Å². The van der Waals surface area contributed by atoms with E-state index in [1.807, 2.05) is 0 Å². The molecule has 2 heterocycles. The van der Waals surface area contributed by atoms with E-state index in [0.717, 1.165) is 0 Å². The number of H-pyrrole nitrogens is 1. The molecular weight excluding hydrogens is 315 g/mol. The van der Waals surface area contributed by atoms with Gasteiger partial charge in [-0.2, -0.15) is 23.3 Å². The molecule has 0 saturated carbocycles. The molecule has 1 aliphatic carbocycles. The number of halogens is 3. The van der Waals surface area contributed by atoms with Gasteiger partial charge in [-0.05, 0) is 19.3 Å². The second-order valence-corrected chi connectivity index (χ2v) is 5.37. The molecular formula is C13H14F3N5O2. The van der Waals surface area contributed by atoms with Crippen LogP contribution < -0.4 is 5.32 Å². The minimum absolute atomic E-state index is 0.0303. The number of aromatic nitrogens is 4. The van der Waals surface area contributed by atoms with E-state index < -0.39 is 11.9 Å². The highest BCUT2D eigenvalue weighted by atomic mass is 19.4. The van der Waals surface area contributed by atoms with Crippen molar-refractivity contribution in [1.29, 1.82) is 0 Å². The highest BCUT2D eigenvalue weighted by Crippen LogP contribution is 2.38. The molecule has 2 aromatic heterocycles. The molecule has 1 aliphatic rings. The number of carbonyl (C=O) groups is 1. The van der Waals surface area contributed by atoms with Crippen LogP contribution in [0.1, 0.15) is 41.0 Å². The first-order valence-corrected chi connectivity index (χ1v) is 7.05. The summed E-state index contributed by atoms with van der Waals surface area (Å²) < 4.78 is 44.0.